The lowest BCUT2D eigenvalue weighted by Crippen LogP contribution is -2.50. The maximum absolute atomic E-state index is 12.9. The minimum absolute atomic E-state index is 0.00871. The Kier molecular flexibility index (Phi) is 6.69. The first-order chi connectivity index (χ1) is 15.6. The Balaban J connectivity index is 1.29. The molecular weight excluding hydrogens is 432 g/mol. The zero-order chi connectivity index (χ0) is 22.5. The normalized spacial score (nSPS) is 13.8. The first kappa shape index (κ1) is 21.8. The van der Waals surface area contributed by atoms with Gasteiger partial charge in [0.25, 0.3) is 5.91 Å². The minimum Gasteiger partial charge on any atom is -0.497 e. The van der Waals surface area contributed by atoms with E-state index in [0.717, 1.165) is 5.56 Å². The summed E-state index contributed by atoms with van der Waals surface area (Å²) in [7, 11) is 3.09. The highest BCUT2D eigenvalue weighted by Crippen LogP contribution is 2.26. The van der Waals surface area contributed by atoms with E-state index >= 15 is 0 Å². The van der Waals surface area contributed by atoms with E-state index in [4.69, 9.17) is 14.0 Å². The monoisotopic (exact) mass is 456 g/mol. The highest BCUT2D eigenvalue weighted by molar-refractivity contribution is 7.08. The number of methoxy groups -OCH3 is 2. The second-order valence-corrected chi connectivity index (χ2v) is 8.04. The number of piperazine rings is 1. The van der Waals surface area contributed by atoms with E-state index in [1.165, 1.54) is 7.11 Å². The SMILES string of the molecule is COc1ccc(C(=O)N2CCN(C(=O)CCc3nc(-c4ccsc4)no3)CC2)c(OC)c1. The van der Waals surface area contributed by atoms with Crippen molar-refractivity contribution < 1.29 is 23.6 Å². The number of carbonyl (C=O) groups is 2. The molecule has 1 aromatic carbocycles. The molecule has 2 amide bonds. The summed E-state index contributed by atoms with van der Waals surface area (Å²) >= 11 is 1.56. The standard InChI is InChI=1S/C22H24N4O5S/c1-29-16-3-4-17(18(13-16)30-2)22(28)26-10-8-25(9-11-26)20(27)6-5-19-23-21(24-31-19)15-7-12-32-14-15/h3-4,7,12-14H,5-6,8-11H2,1-2H3. The van der Waals surface area contributed by atoms with E-state index < -0.39 is 0 Å². The van der Waals surface area contributed by atoms with E-state index in [9.17, 15) is 9.59 Å². The molecule has 0 bridgehead atoms. The van der Waals surface area contributed by atoms with Crippen molar-refractivity contribution in [1.82, 2.24) is 19.9 Å². The lowest BCUT2D eigenvalue weighted by atomic mass is 10.1. The van der Waals surface area contributed by atoms with Crippen molar-refractivity contribution in [3.8, 4) is 22.9 Å². The number of carbonyl (C=O) groups excluding carboxylic acids is 2. The lowest BCUT2D eigenvalue weighted by Gasteiger charge is -2.35. The number of rotatable bonds is 7. The van der Waals surface area contributed by atoms with Gasteiger partial charge in [0.05, 0.1) is 19.8 Å². The highest BCUT2D eigenvalue weighted by Gasteiger charge is 2.26. The molecule has 0 aliphatic carbocycles. The molecule has 0 radical (unpaired) electrons. The zero-order valence-electron chi connectivity index (χ0n) is 17.9. The molecule has 1 aliphatic rings. The average molecular weight is 457 g/mol. The summed E-state index contributed by atoms with van der Waals surface area (Å²) in [4.78, 5) is 33.4. The minimum atomic E-state index is -0.122. The van der Waals surface area contributed by atoms with Crippen LogP contribution >= 0.6 is 11.3 Å². The molecule has 168 valence electrons. The summed E-state index contributed by atoms with van der Waals surface area (Å²) in [6.07, 6.45) is 0.670. The molecule has 2 aromatic heterocycles. The van der Waals surface area contributed by atoms with Crippen LogP contribution in [0, 0.1) is 0 Å². The van der Waals surface area contributed by atoms with Crippen LogP contribution in [-0.4, -0.2) is 72.2 Å². The van der Waals surface area contributed by atoms with Crippen LogP contribution in [-0.2, 0) is 11.2 Å². The van der Waals surface area contributed by atoms with Gasteiger partial charge >= 0.3 is 0 Å². The molecule has 4 rings (SSSR count). The first-order valence-corrected chi connectivity index (χ1v) is 11.2. The topological polar surface area (TPSA) is 98.0 Å². The smallest absolute Gasteiger partial charge is 0.257 e. The molecule has 1 saturated heterocycles. The van der Waals surface area contributed by atoms with Gasteiger partial charge in [-0.3, -0.25) is 9.59 Å². The van der Waals surface area contributed by atoms with Crippen LogP contribution in [0.5, 0.6) is 11.5 Å². The molecule has 0 N–H and O–H groups in total. The molecule has 1 aliphatic heterocycles. The largest absolute Gasteiger partial charge is 0.497 e. The molecule has 32 heavy (non-hydrogen) atoms. The Hall–Kier alpha value is -3.40. The predicted octanol–water partition coefficient (Wildman–Crippen LogP) is 2.73. The fourth-order valence-electron chi connectivity index (χ4n) is 3.54. The number of amides is 2. The van der Waals surface area contributed by atoms with Gasteiger partial charge in [0.2, 0.25) is 17.6 Å². The molecule has 0 saturated carbocycles. The number of aryl methyl sites for hydroxylation is 1. The van der Waals surface area contributed by atoms with Crippen LogP contribution in [0.2, 0.25) is 0 Å². The number of hydrogen-bond donors (Lipinski definition) is 0. The van der Waals surface area contributed by atoms with Crippen molar-refractivity contribution in [3.05, 3.63) is 46.5 Å². The van der Waals surface area contributed by atoms with Gasteiger partial charge < -0.3 is 23.8 Å². The zero-order valence-corrected chi connectivity index (χ0v) is 18.8. The summed E-state index contributed by atoms with van der Waals surface area (Å²) in [5, 5.41) is 7.86. The summed E-state index contributed by atoms with van der Waals surface area (Å²) in [6.45, 7) is 1.88. The van der Waals surface area contributed by atoms with Gasteiger partial charge in [0.15, 0.2) is 0 Å². The fraction of sp³-hybridized carbons (Fsp3) is 0.364. The quantitative estimate of drug-likeness (QED) is 0.539. The molecule has 0 spiro atoms. The molecule has 1 fully saturated rings. The number of ether oxygens (including phenoxy) is 2. The van der Waals surface area contributed by atoms with Crippen LogP contribution in [0.25, 0.3) is 11.4 Å². The van der Waals surface area contributed by atoms with Gasteiger partial charge in [-0.05, 0) is 23.6 Å². The van der Waals surface area contributed by atoms with E-state index in [1.807, 2.05) is 16.8 Å². The van der Waals surface area contributed by atoms with E-state index in [0.29, 0.717) is 61.4 Å². The van der Waals surface area contributed by atoms with Crippen molar-refractivity contribution in [1.29, 1.82) is 0 Å². The predicted molar refractivity (Wildman–Crippen MR) is 118 cm³/mol. The Labute approximate surface area is 189 Å². The van der Waals surface area contributed by atoms with Crippen molar-refractivity contribution in [3.63, 3.8) is 0 Å². The maximum Gasteiger partial charge on any atom is 0.257 e. The number of nitrogens with zero attached hydrogens (tertiary/aromatic N) is 4. The van der Waals surface area contributed by atoms with E-state index in [-0.39, 0.29) is 18.2 Å². The molecule has 0 atom stereocenters. The van der Waals surface area contributed by atoms with Gasteiger partial charge in [0, 0.05) is 56.0 Å². The molecule has 3 heterocycles. The summed E-state index contributed by atoms with van der Waals surface area (Å²) in [5.74, 6) is 1.96. The highest BCUT2D eigenvalue weighted by atomic mass is 32.1. The van der Waals surface area contributed by atoms with Gasteiger partial charge in [-0.1, -0.05) is 5.16 Å². The Morgan fingerprint density at radius 2 is 1.88 bits per heavy atom. The molecular formula is C22H24N4O5S. The van der Waals surface area contributed by atoms with Crippen LogP contribution in [0.4, 0.5) is 0 Å². The third-order valence-corrected chi connectivity index (χ3v) is 6.04. The van der Waals surface area contributed by atoms with Crippen LogP contribution in [0.15, 0.2) is 39.5 Å². The van der Waals surface area contributed by atoms with E-state index in [2.05, 4.69) is 10.1 Å². The number of aromatic nitrogens is 2. The van der Waals surface area contributed by atoms with Gasteiger partial charge in [-0.2, -0.15) is 16.3 Å². The molecule has 3 aromatic rings. The third kappa shape index (κ3) is 4.75. The third-order valence-electron chi connectivity index (χ3n) is 5.36. The second kappa shape index (κ2) is 9.82. The van der Waals surface area contributed by atoms with E-state index in [1.54, 1.807) is 46.4 Å². The number of benzene rings is 1. The van der Waals surface area contributed by atoms with Gasteiger partial charge in [-0.15, -0.1) is 0 Å². The van der Waals surface area contributed by atoms with Crippen LogP contribution in [0.1, 0.15) is 22.7 Å². The van der Waals surface area contributed by atoms with Crippen molar-refractivity contribution in [2.24, 2.45) is 0 Å². The van der Waals surface area contributed by atoms with Crippen LogP contribution < -0.4 is 9.47 Å². The first-order valence-electron chi connectivity index (χ1n) is 10.2. The van der Waals surface area contributed by atoms with Crippen LogP contribution in [0.3, 0.4) is 0 Å². The number of hydrogen-bond acceptors (Lipinski definition) is 8. The number of thiophene rings is 1. The second-order valence-electron chi connectivity index (χ2n) is 7.26. The van der Waals surface area contributed by atoms with Crippen molar-refractivity contribution in [2.75, 3.05) is 40.4 Å². The van der Waals surface area contributed by atoms with Crippen molar-refractivity contribution >= 4 is 23.2 Å². The fourth-order valence-corrected chi connectivity index (χ4v) is 4.18. The van der Waals surface area contributed by atoms with Crippen molar-refractivity contribution in [2.45, 2.75) is 12.8 Å². The summed E-state index contributed by atoms with van der Waals surface area (Å²) in [6, 6.07) is 7.05. The average Bonchev–Trinajstić information content (AvgIpc) is 3.54. The lowest BCUT2D eigenvalue weighted by molar-refractivity contribution is -0.132. The van der Waals surface area contributed by atoms with Gasteiger partial charge in [-0.25, -0.2) is 0 Å². The Bertz CT molecular complexity index is 1070. The molecule has 0 unspecified atom stereocenters. The maximum atomic E-state index is 12.9. The Morgan fingerprint density at radius 1 is 1.09 bits per heavy atom. The summed E-state index contributed by atoms with van der Waals surface area (Å²) < 4.78 is 15.8. The molecule has 10 heteroatoms. The summed E-state index contributed by atoms with van der Waals surface area (Å²) in [5.41, 5.74) is 1.39. The van der Waals surface area contributed by atoms with Gasteiger partial charge in [0.1, 0.15) is 11.5 Å². The molecule has 9 nitrogen and oxygen atoms in total. The Morgan fingerprint density at radius 3 is 2.56 bits per heavy atom.